The van der Waals surface area contributed by atoms with Crippen molar-refractivity contribution in [3.05, 3.63) is 0 Å². The quantitative estimate of drug-likeness (QED) is 0.839. The zero-order chi connectivity index (χ0) is 13.5. The first-order valence-electron chi connectivity index (χ1n) is 7.33. The Morgan fingerprint density at radius 1 is 1.33 bits per heavy atom. The van der Waals surface area contributed by atoms with Gasteiger partial charge in [0.05, 0.1) is 6.10 Å². The highest BCUT2D eigenvalue weighted by molar-refractivity contribution is 5.74. The lowest BCUT2D eigenvalue weighted by Crippen LogP contribution is -2.48. The summed E-state index contributed by atoms with van der Waals surface area (Å²) >= 11 is 0. The third-order valence-electron chi connectivity index (χ3n) is 3.77. The van der Waals surface area contributed by atoms with Crippen molar-refractivity contribution in [3.8, 4) is 0 Å². The van der Waals surface area contributed by atoms with Crippen molar-refractivity contribution in [1.29, 1.82) is 0 Å². The number of hydrogen-bond donors (Lipinski definition) is 1. The Labute approximate surface area is 111 Å². The number of rotatable bonds is 4. The minimum absolute atomic E-state index is 0.146. The van der Waals surface area contributed by atoms with Gasteiger partial charge in [0.25, 0.3) is 0 Å². The summed E-state index contributed by atoms with van der Waals surface area (Å²) in [6, 6.07) is 0.355. The lowest BCUT2D eigenvalue weighted by atomic mass is 10.0. The van der Waals surface area contributed by atoms with Crippen molar-refractivity contribution in [3.63, 3.8) is 0 Å². The number of aliphatic hydroxyl groups is 1. The summed E-state index contributed by atoms with van der Waals surface area (Å²) in [5.74, 6) is 0. The van der Waals surface area contributed by atoms with Gasteiger partial charge in [-0.3, -0.25) is 0 Å². The van der Waals surface area contributed by atoms with Gasteiger partial charge in [0.1, 0.15) is 0 Å². The molecule has 2 atom stereocenters. The Morgan fingerprint density at radius 3 is 2.56 bits per heavy atom. The summed E-state index contributed by atoms with van der Waals surface area (Å²) < 4.78 is 0. The van der Waals surface area contributed by atoms with E-state index in [0.29, 0.717) is 6.42 Å². The van der Waals surface area contributed by atoms with Gasteiger partial charge < -0.3 is 14.9 Å². The van der Waals surface area contributed by atoms with Crippen LogP contribution < -0.4 is 0 Å². The molecule has 1 heterocycles. The van der Waals surface area contributed by atoms with E-state index in [1.54, 1.807) is 0 Å². The molecule has 0 bridgehead atoms. The van der Waals surface area contributed by atoms with E-state index in [0.717, 1.165) is 32.5 Å². The van der Waals surface area contributed by atoms with Crippen LogP contribution in [0.5, 0.6) is 0 Å². The molecule has 1 aliphatic heterocycles. The van der Waals surface area contributed by atoms with Crippen molar-refractivity contribution in [2.45, 2.75) is 65.0 Å². The molecule has 0 aromatic rings. The second kappa shape index (κ2) is 7.62. The summed E-state index contributed by atoms with van der Waals surface area (Å²) in [4.78, 5) is 16.3. The smallest absolute Gasteiger partial charge is 0.320 e. The number of hydrogen-bond acceptors (Lipinski definition) is 2. The van der Waals surface area contributed by atoms with Crippen molar-refractivity contribution in [2.75, 3.05) is 19.6 Å². The van der Waals surface area contributed by atoms with Gasteiger partial charge in [0.15, 0.2) is 0 Å². The zero-order valence-corrected chi connectivity index (χ0v) is 12.1. The van der Waals surface area contributed by atoms with E-state index in [1.807, 2.05) is 30.6 Å². The van der Waals surface area contributed by atoms with Gasteiger partial charge in [-0.1, -0.05) is 12.8 Å². The number of carbonyl (C=O) groups is 1. The molecule has 1 rings (SSSR count). The van der Waals surface area contributed by atoms with E-state index >= 15 is 0 Å². The summed E-state index contributed by atoms with van der Waals surface area (Å²) in [6.07, 6.45) is 4.84. The molecule has 1 aliphatic rings. The van der Waals surface area contributed by atoms with E-state index in [1.165, 1.54) is 12.8 Å². The normalized spacial score (nSPS) is 22.4. The third kappa shape index (κ3) is 4.16. The first kappa shape index (κ1) is 15.3. The number of nitrogens with zero attached hydrogens (tertiary/aromatic N) is 2. The Hall–Kier alpha value is -0.770. The molecule has 2 unspecified atom stereocenters. The second-order valence-corrected chi connectivity index (χ2v) is 5.24. The average molecular weight is 256 g/mol. The fourth-order valence-electron chi connectivity index (χ4n) is 2.74. The van der Waals surface area contributed by atoms with E-state index in [-0.39, 0.29) is 18.2 Å². The molecular weight excluding hydrogens is 228 g/mol. The number of carbonyl (C=O) groups excluding carboxylic acids is 1. The van der Waals surface area contributed by atoms with Gasteiger partial charge in [-0.25, -0.2) is 4.79 Å². The molecule has 106 valence electrons. The maximum absolute atomic E-state index is 12.5. The van der Waals surface area contributed by atoms with Crippen molar-refractivity contribution < 1.29 is 9.90 Å². The second-order valence-electron chi connectivity index (χ2n) is 5.24. The number of amides is 2. The minimum Gasteiger partial charge on any atom is -0.393 e. The van der Waals surface area contributed by atoms with Crippen LogP contribution >= 0.6 is 0 Å². The van der Waals surface area contributed by atoms with E-state index < -0.39 is 0 Å². The maximum atomic E-state index is 12.5. The van der Waals surface area contributed by atoms with Crippen LogP contribution in [-0.4, -0.2) is 52.7 Å². The Balaban J connectivity index is 2.74. The highest BCUT2D eigenvalue weighted by atomic mass is 16.3. The predicted molar refractivity (Wildman–Crippen MR) is 73.6 cm³/mol. The molecule has 0 radical (unpaired) electrons. The number of aliphatic hydroxyl groups excluding tert-OH is 1. The van der Waals surface area contributed by atoms with Crippen LogP contribution in [0.1, 0.15) is 52.9 Å². The van der Waals surface area contributed by atoms with Crippen LogP contribution in [0.2, 0.25) is 0 Å². The van der Waals surface area contributed by atoms with E-state index in [9.17, 15) is 9.90 Å². The van der Waals surface area contributed by atoms with E-state index in [4.69, 9.17) is 0 Å². The Morgan fingerprint density at radius 2 is 2.00 bits per heavy atom. The minimum atomic E-state index is -0.333. The van der Waals surface area contributed by atoms with Crippen LogP contribution in [0.3, 0.4) is 0 Å². The molecule has 0 spiro atoms. The van der Waals surface area contributed by atoms with Crippen LogP contribution in [0.25, 0.3) is 0 Å². The first-order valence-corrected chi connectivity index (χ1v) is 7.33. The van der Waals surface area contributed by atoms with Gasteiger partial charge in [-0.2, -0.15) is 0 Å². The fourth-order valence-corrected chi connectivity index (χ4v) is 2.74. The summed E-state index contributed by atoms with van der Waals surface area (Å²) in [5.41, 5.74) is 0. The number of urea groups is 1. The highest BCUT2D eigenvalue weighted by Gasteiger charge is 2.28. The SMILES string of the molecule is CCN(CC)C(=O)N1CCCCCC1CC(C)O. The molecule has 0 saturated carbocycles. The monoisotopic (exact) mass is 256 g/mol. The molecule has 4 nitrogen and oxygen atoms in total. The first-order chi connectivity index (χ1) is 8.60. The Kier molecular flexibility index (Phi) is 6.47. The molecule has 0 aliphatic carbocycles. The largest absolute Gasteiger partial charge is 0.393 e. The topological polar surface area (TPSA) is 43.8 Å². The predicted octanol–water partition coefficient (Wildman–Crippen LogP) is 2.46. The Bertz CT molecular complexity index is 252. The van der Waals surface area contributed by atoms with E-state index in [2.05, 4.69) is 0 Å². The van der Waals surface area contributed by atoms with Crippen molar-refractivity contribution in [2.24, 2.45) is 0 Å². The maximum Gasteiger partial charge on any atom is 0.320 e. The summed E-state index contributed by atoms with van der Waals surface area (Å²) in [5, 5.41) is 9.60. The highest BCUT2D eigenvalue weighted by Crippen LogP contribution is 2.21. The van der Waals surface area contributed by atoms with Gasteiger partial charge in [0.2, 0.25) is 0 Å². The molecule has 4 heteroatoms. The lowest BCUT2D eigenvalue weighted by Gasteiger charge is -2.35. The van der Waals surface area contributed by atoms with Gasteiger partial charge in [-0.15, -0.1) is 0 Å². The van der Waals surface area contributed by atoms with Crippen LogP contribution in [0.4, 0.5) is 4.79 Å². The molecule has 18 heavy (non-hydrogen) atoms. The zero-order valence-electron chi connectivity index (χ0n) is 12.1. The lowest BCUT2D eigenvalue weighted by molar-refractivity contribution is 0.104. The molecule has 2 amide bonds. The summed E-state index contributed by atoms with van der Waals surface area (Å²) in [6.45, 7) is 8.20. The molecule has 1 fully saturated rings. The van der Waals surface area contributed by atoms with Crippen molar-refractivity contribution in [1.82, 2.24) is 9.80 Å². The molecule has 1 saturated heterocycles. The fraction of sp³-hybridized carbons (Fsp3) is 0.929. The van der Waals surface area contributed by atoms with Gasteiger partial charge >= 0.3 is 6.03 Å². The van der Waals surface area contributed by atoms with Crippen LogP contribution in [0.15, 0.2) is 0 Å². The van der Waals surface area contributed by atoms with Crippen LogP contribution in [0, 0.1) is 0 Å². The van der Waals surface area contributed by atoms with Gasteiger partial charge in [-0.05, 0) is 40.0 Å². The molecule has 0 aromatic carbocycles. The van der Waals surface area contributed by atoms with Crippen molar-refractivity contribution >= 4 is 6.03 Å². The standard InChI is InChI=1S/C14H28N2O2/c1-4-15(5-2)14(18)16-10-8-6-7-9-13(16)11-12(3)17/h12-13,17H,4-11H2,1-3H3. The average Bonchev–Trinajstić information content (AvgIpc) is 2.55. The molecule has 1 N–H and O–H groups in total. The third-order valence-corrected chi connectivity index (χ3v) is 3.77. The van der Waals surface area contributed by atoms with Crippen LogP contribution in [-0.2, 0) is 0 Å². The summed E-state index contributed by atoms with van der Waals surface area (Å²) in [7, 11) is 0. The van der Waals surface area contributed by atoms with Gasteiger partial charge in [0, 0.05) is 25.7 Å². The molecule has 0 aromatic heterocycles. The molecular formula is C14H28N2O2. The number of likely N-dealkylation sites (tertiary alicyclic amines) is 1.